The molecule has 1 fully saturated rings. The molecule has 5 heteroatoms. The fourth-order valence-electron chi connectivity index (χ4n) is 2.11. The maximum Gasteiger partial charge on any atom is 0.322 e. The first-order valence-corrected chi connectivity index (χ1v) is 8.16. The lowest BCUT2D eigenvalue weighted by atomic mass is 10.2. The van der Waals surface area contributed by atoms with Gasteiger partial charge in [0, 0.05) is 24.0 Å². The molecular weight excluding hydrogens is 270 g/mol. The van der Waals surface area contributed by atoms with Crippen LogP contribution in [0.3, 0.4) is 0 Å². The van der Waals surface area contributed by atoms with E-state index in [1.807, 2.05) is 18.2 Å². The van der Waals surface area contributed by atoms with Gasteiger partial charge in [-0.15, -0.1) is 0 Å². The third kappa shape index (κ3) is 4.17. The monoisotopic (exact) mass is 289 g/mol. The van der Waals surface area contributed by atoms with E-state index in [2.05, 4.69) is 23.7 Å². The van der Waals surface area contributed by atoms with Crippen molar-refractivity contribution in [2.75, 3.05) is 18.1 Å². The van der Waals surface area contributed by atoms with Crippen LogP contribution >= 0.6 is 11.8 Å². The molecule has 1 saturated carbocycles. The highest BCUT2D eigenvalue weighted by molar-refractivity contribution is 7.97. The largest absolute Gasteiger partial charge is 0.322 e. The van der Waals surface area contributed by atoms with Gasteiger partial charge in [0.05, 0.1) is 12.5 Å². The summed E-state index contributed by atoms with van der Waals surface area (Å²) >= 11 is 1.76. The second-order valence-electron chi connectivity index (χ2n) is 4.90. The number of thioether (sulfide) groups is 1. The first-order chi connectivity index (χ1) is 9.74. The van der Waals surface area contributed by atoms with Crippen LogP contribution in [0.15, 0.2) is 24.3 Å². The number of nitriles is 1. The lowest BCUT2D eigenvalue weighted by molar-refractivity contribution is 0.210. The first-order valence-electron chi connectivity index (χ1n) is 6.77. The lowest BCUT2D eigenvalue weighted by Crippen LogP contribution is -2.37. The van der Waals surface area contributed by atoms with Gasteiger partial charge >= 0.3 is 6.03 Å². The van der Waals surface area contributed by atoms with Crippen LogP contribution in [-0.2, 0) is 5.75 Å². The summed E-state index contributed by atoms with van der Waals surface area (Å²) in [4.78, 5) is 14.1. The summed E-state index contributed by atoms with van der Waals surface area (Å²) < 4.78 is 0. The minimum absolute atomic E-state index is 0.0935. The topological polar surface area (TPSA) is 56.1 Å². The van der Waals surface area contributed by atoms with Gasteiger partial charge in [0.2, 0.25) is 0 Å². The predicted octanol–water partition coefficient (Wildman–Crippen LogP) is 3.46. The van der Waals surface area contributed by atoms with Crippen molar-refractivity contribution in [1.82, 2.24) is 4.90 Å². The number of amides is 2. The summed E-state index contributed by atoms with van der Waals surface area (Å²) in [5.41, 5.74) is 2.02. The van der Waals surface area contributed by atoms with Crippen molar-refractivity contribution < 1.29 is 4.79 Å². The summed E-state index contributed by atoms with van der Waals surface area (Å²) in [6, 6.07) is 10.2. The molecule has 1 aliphatic carbocycles. The number of carbonyl (C=O) groups excluding carboxylic acids is 1. The van der Waals surface area contributed by atoms with E-state index in [0.29, 0.717) is 19.0 Å². The number of urea groups is 1. The van der Waals surface area contributed by atoms with Crippen LogP contribution in [0.1, 0.15) is 24.8 Å². The average molecular weight is 289 g/mol. The van der Waals surface area contributed by atoms with E-state index in [9.17, 15) is 4.79 Å². The van der Waals surface area contributed by atoms with E-state index in [4.69, 9.17) is 5.26 Å². The fourth-order valence-corrected chi connectivity index (χ4v) is 2.62. The molecule has 1 N–H and O–H groups in total. The number of nitrogens with one attached hydrogen (secondary N) is 1. The van der Waals surface area contributed by atoms with Crippen LogP contribution in [0.25, 0.3) is 0 Å². The number of nitrogens with zero attached hydrogens (tertiary/aromatic N) is 2. The number of hydrogen-bond donors (Lipinski definition) is 1. The van der Waals surface area contributed by atoms with Gasteiger partial charge in [0.25, 0.3) is 0 Å². The number of benzene rings is 1. The van der Waals surface area contributed by atoms with Crippen LogP contribution in [-0.4, -0.2) is 29.8 Å². The van der Waals surface area contributed by atoms with E-state index in [0.717, 1.165) is 24.3 Å². The zero-order valence-electron chi connectivity index (χ0n) is 11.6. The Bertz CT molecular complexity index is 508. The molecule has 1 aromatic carbocycles. The maximum atomic E-state index is 12.3. The molecule has 0 aliphatic heterocycles. The zero-order chi connectivity index (χ0) is 14.4. The Morgan fingerprint density at radius 2 is 2.35 bits per heavy atom. The van der Waals surface area contributed by atoms with Crippen molar-refractivity contribution in [2.24, 2.45) is 0 Å². The Kier molecular flexibility index (Phi) is 5.31. The van der Waals surface area contributed by atoms with Crippen molar-refractivity contribution in [2.45, 2.75) is 31.1 Å². The van der Waals surface area contributed by atoms with Gasteiger partial charge < -0.3 is 10.2 Å². The quantitative estimate of drug-likeness (QED) is 0.872. The van der Waals surface area contributed by atoms with Crippen LogP contribution in [0, 0.1) is 11.3 Å². The molecule has 0 unspecified atom stereocenters. The molecule has 0 atom stereocenters. The summed E-state index contributed by atoms with van der Waals surface area (Å²) in [7, 11) is 0. The fraction of sp³-hybridized carbons (Fsp3) is 0.467. The molecule has 4 nitrogen and oxygen atoms in total. The van der Waals surface area contributed by atoms with E-state index in [1.165, 1.54) is 5.56 Å². The number of carbonyl (C=O) groups is 1. The summed E-state index contributed by atoms with van der Waals surface area (Å²) in [6.07, 6.45) is 4.54. The van der Waals surface area contributed by atoms with Crippen molar-refractivity contribution in [3.05, 3.63) is 29.8 Å². The second-order valence-corrected chi connectivity index (χ2v) is 5.76. The van der Waals surface area contributed by atoms with E-state index in [1.54, 1.807) is 16.7 Å². The molecule has 1 aromatic rings. The Labute approximate surface area is 124 Å². The van der Waals surface area contributed by atoms with Crippen LogP contribution in [0.4, 0.5) is 10.5 Å². The second kappa shape index (κ2) is 7.20. The third-order valence-electron chi connectivity index (χ3n) is 3.20. The van der Waals surface area contributed by atoms with Gasteiger partial charge in [0.15, 0.2) is 0 Å². The number of hydrogen-bond acceptors (Lipinski definition) is 3. The van der Waals surface area contributed by atoms with E-state index in [-0.39, 0.29) is 6.03 Å². The van der Waals surface area contributed by atoms with Gasteiger partial charge in [-0.05, 0) is 36.8 Å². The van der Waals surface area contributed by atoms with Crippen LogP contribution in [0.5, 0.6) is 0 Å². The minimum Gasteiger partial charge on any atom is -0.321 e. The molecule has 106 valence electrons. The first kappa shape index (κ1) is 14.7. The highest BCUT2D eigenvalue weighted by Crippen LogP contribution is 2.27. The molecule has 0 heterocycles. The molecule has 20 heavy (non-hydrogen) atoms. The average Bonchev–Trinajstić information content (AvgIpc) is 3.24. The summed E-state index contributed by atoms with van der Waals surface area (Å²) in [6.45, 7) is 0.511. The highest BCUT2D eigenvalue weighted by Gasteiger charge is 2.32. The molecule has 0 bridgehead atoms. The van der Waals surface area contributed by atoms with E-state index < -0.39 is 0 Å². The van der Waals surface area contributed by atoms with Crippen molar-refractivity contribution in [3.63, 3.8) is 0 Å². The third-order valence-corrected chi connectivity index (χ3v) is 3.82. The smallest absolute Gasteiger partial charge is 0.321 e. The molecule has 0 saturated heterocycles. The Morgan fingerprint density at radius 1 is 1.55 bits per heavy atom. The van der Waals surface area contributed by atoms with Crippen LogP contribution in [0.2, 0.25) is 0 Å². The molecule has 2 rings (SSSR count). The Hall–Kier alpha value is -1.67. The van der Waals surface area contributed by atoms with Crippen LogP contribution < -0.4 is 5.32 Å². The van der Waals surface area contributed by atoms with Gasteiger partial charge in [0.1, 0.15) is 0 Å². The molecule has 0 radical (unpaired) electrons. The molecule has 1 aliphatic rings. The predicted molar refractivity (Wildman–Crippen MR) is 82.6 cm³/mol. The summed E-state index contributed by atoms with van der Waals surface area (Å²) in [5, 5.41) is 11.6. The highest BCUT2D eigenvalue weighted by atomic mass is 32.2. The van der Waals surface area contributed by atoms with Crippen molar-refractivity contribution in [1.29, 1.82) is 5.26 Å². The molecule has 0 aromatic heterocycles. The van der Waals surface area contributed by atoms with Crippen molar-refractivity contribution in [3.8, 4) is 6.07 Å². The molecule has 0 spiro atoms. The van der Waals surface area contributed by atoms with Gasteiger partial charge in [-0.3, -0.25) is 0 Å². The maximum absolute atomic E-state index is 12.3. The van der Waals surface area contributed by atoms with Gasteiger partial charge in [-0.2, -0.15) is 17.0 Å². The SMILES string of the molecule is CSCc1cccc(NC(=O)N(CCC#N)C2CC2)c1. The molecule has 2 amide bonds. The summed E-state index contributed by atoms with van der Waals surface area (Å²) in [5.74, 6) is 0.935. The van der Waals surface area contributed by atoms with E-state index >= 15 is 0 Å². The minimum atomic E-state index is -0.0935. The molecular formula is C15H19N3OS. The standard InChI is InChI=1S/C15H19N3OS/c1-20-11-12-4-2-5-13(10-12)17-15(19)18(9-3-8-16)14-6-7-14/h2,4-5,10,14H,3,6-7,9,11H2,1H3,(H,17,19). The lowest BCUT2D eigenvalue weighted by Gasteiger charge is -2.21. The van der Waals surface area contributed by atoms with Gasteiger partial charge in [-0.25, -0.2) is 4.79 Å². The zero-order valence-corrected chi connectivity index (χ0v) is 12.4. The van der Waals surface area contributed by atoms with Crippen molar-refractivity contribution >= 4 is 23.5 Å². The number of rotatable bonds is 6. The Morgan fingerprint density at radius 3 is 3.00 bits per heavy atom. The normalized spacial score (nSPS) is 13.6. The number of anilines is 1. The van der Waals surface area contributed by atoms with Gasteiger partial charge in [-0.1, -0.05) is 12.1 Å². The Balaban J connectivity index is 1.98.